The van der Waals surface area contributed by atoms with Gasteiger partial charge in [-0.3, -0.25) is 9.59 Å². The van der Waals surface area contributed by atoms with Gasteiger partial charge in [-0.25, -0.2) is 0 Å². The summed E-state index contributed by atoms with van der Waals surface area (Å²) >= 11 is 0. The zero-order chi connectivity index (χ0) is 80.0. The summed E-state index contributed by atoms with van der Waals surface area (Å²) in [5, 5.41) is 0. The number of rotatable bonds is 56. The molecule has 0 N–H and O–H groups in total. The molecule has 115 heavy (non-hydrogen) atoms. The summed E-state index contributed by atoms with van der Waals surface area (Å²) in [5.74, 6) is -1.93. The van der Waals surface area contributed by atoms with Gasteiger partial charge in [-0.15, -0.1) is 0 Å². The average molecular weight is 1570 g/mol. The van der Waals surface area contributed by atoms with Crippen molar-refractivity contribution in [1.82, 2.24) is 0 Å². The molecule has 0 saturated carbocycles. The summed E-state index contributed by atoms with van der Waals surface area (Å²) in [6.07, 6.45) is 9.29. The van der Waals surface area contributed by atoms with Crippen molar-refractivity contribution in [3.05, 3.63) is 287 Å². The van der Waals surface area contributed by atoms with E-state index in [1.165, 1.54) is 0 Å². The van der Waals surface area contributed by atoms with E-state index in [9.17, 15) is 0 Å². The second-order valence-corrected chi connectivity index (χ2v) is 31.0. The first kappa shape index (κ1) is 89.6. The van der Waals surface area contributed by atoms with E-state index >= 15 is 9.59 Å². The number of esters is 2. The fraction of sp³-hybridized carbons (Fsp3) is 0.500. The van der Waals surface area contributed by atoms with Crippen LogP contribution in [0.1, 0.15) is 213 Å². The van der Waals surface area contributed by atoms with Crippen LogP contribution in [0.2, 0.25) is 0 Å². The van der Waals surface area contributed by atoms with Crippen LogP contribution < -0.4 is 0 Å². The zero-order valence-electron chi connectivity index (χ0n) is 68.9. The zero-order valence-corrected chi connectivity index (χ0v) is 68.9. The molecule has 0 aromatic heterocycles. The molecule has 15 heteroatoms. The maximum atomic E-state index is 15.7. The molecule has 2 fully saturated rings. The van der Waals surface area contributed by atoms with Gasteiger partial charge in [-0.1, -0.05) is 386 Å². The highest BCUT2D eigenvalue weighted by atomic mass is 16.8. The van der Waals surface area contributed by atoms with Crippen LogP contribution in [-0.4, -0.2) is 98.8 Å². The van der Waals surface area contributed by atoms with Crippen LogP contribution in [0.4, 0.5) is 0 Å². The first-order valence-electron chi connectivity index (χ1n) is 43.3. The summed E-state index contributed by atoms with van der Waals surface area (Å²) in [5.41, 5.74) is 7.49. The van der Waals surface area contributed by atoms with Crippen LogP contribution >= 0.6 is 0 Å². The van der Waals surface area contributed by atoms with Gasteiger partial charge in [0.1, 0.15) is 62.0 Å². The maximum absolute atomic E-state index is 15.7. The highest BCUT2D eigenvalue weighted by Crippen LogP contribution is 2.39. The molecule has 8 aromatic carbocycles. The van der Waals surface area contributed by atoms with Crippen LogP contribution in [0.15, 0.2) is 243 Å². The fourth-order valence-corrected chi connectivity index (χ4v) is 15.4. The Kier molecular flexibility index (Phi) is 41.2. The Morgan fingerprint density at radius 1 is 0.270 bits per heavy atom. The molecule has 620 valence electrons. The third-order valence-electron chi connectivity index (χ3n) is 22.0. The lowest BCUT2D eigenvalue weighted by Gasteiger charge is -2.49. The first-order chi connectivity index (χ1) is 56.8. The summed E-state index contributed by atoms with van der Waals surface area (Å²) < 4.78 is 94.4. The lowest BCUT2D eigenvalue weighted by Crippen LogP contribution is -2.66. The highest BCUT2D eigenvalue weighted by molar-refractivity contribution is 5.73. The molecule has 0 spiro atoms. The quantitative estimate of drug-likeness (QED) is 0.0262. The lowest BCUT2D eigenvalue weighted by atomic mass is 9.91. The van der Waals surface area contributed by atoms with Crippen LogP contribution in [-0.2, 0) is 124 Å². The summed E-state index contributed by atoms with van der Waals surface area (Å²) in [6, 6.07) is 80.3. The van der Waals surface area contributed by atoms with Crippen molar-refractivity contribution >= 4 is 11.9 Å². The Bertz CT molecular complexity index is 3540. The van der Waals surface area contributed by atoms with Gasteiger partial charge >= 0.3 is 11.9 Å². The van der Waals surface area contributed by atoms with Crippen molar-refractivity contribution in [2.75, 3.05) is 13.2 Å². The molecule has 2 saturated heterocycles. The van der Waals surface area contributed by atoms with E-state index in [1.807, 2.05) is 218 Å². The van der Waals surface area contributed by atoms with Gasteiger partial charge in [0.2, 0.25) is 0 Å². The van der Waals surface area contributed by atoms with Gasteiger partial charge in [0.05, 0.1) is 76.9 Å². The number of unbranched alkanes of at least 4 members (excludes halogenated alkanes) is 14. The lowest BCUT2D eigenvalue weighted by molar-refractivity contribution is -0.394. The molecule has 2 aliphatic rings. The van der Waals surface area contributed by atoms with Crippen molar-refractivity contribution in [3.63, 3.8) is 0 Å². The largest absolute Gasteiger partial charge is 0.463 e. The molecule has 0 unspecified atom stereocenters. The molecule has 8 aromatic rings. The Morgan fingerprint density at radius 2 is 0.496 bits per heavy atom. The van der Waals surface area contributed by atoms with Crippen LogP contribution in [0.25, 0.3) is 0 Å². The Morgan fingerprint density at radius 3 is 0.765 bits per heavy atom. The van der Waals surface area contributed by atoms with E-state index in [2.05, 4.69) is 52.0 Å². The average Bonchev–Trinajstić information content (AvgIpc) is 0.764. The van der Waals surface area contributed by atoms with E-state index < -0.39 is 85.5 Å². The van der Waals surface area contributed by atoms with Crippen molar-refractivity contribution in [2.45, 2.75) is 295 Å². The Balaban J connectivity index is 1.08. The van der Waals surface area contributed by atoms with Crippen molar-refractivity contribution < 1.29 is 71.2 Å². The van der Waals surface area contributed by atoms with Gasteiger partial charge in [-0.05, 0) is 70.2 Å². The summed E-state index contributed by atoms with van der Waals surface area (Å²) in [7, 11) is 0. The number of hydrogen-bond acceptors (Lipinski definition) is 15. The van der Waals surface area contributed by atoms with E-state index in [0.717, 1.165) is 160 Å². The second kappa shape index (κ2) is 52.8. The van der Waals surface area contributed by atoms with Gasteiger partial charge in [0.25, 0.3) is 0 Å². The molecule has 2 heterocycles. The number of ether oxygens (including phenoxy) is 13. The van der Waals surface area contributed by atoms with Gasteiger partial charge in [0.15, 0.2) is 12.6 Å². The topological polar surface area (TPSA) is 154 Å². The van der Waals surface area contributed by atoms with Crippen molar-refractivity contribution in [1.29, 1.82) is 0 Å². The number of carbonyl (C=O) groups excluding carboxylic acids is 2. The van der Waals surface area contributed by atoms with E-state index in [0.29, 0.717) is 38.9 Å². The smallest absolute Gasteiger partial charge is 0.311 e. The molecule has 0 amide bonds. The molecule has 14 atom stereocenters. The Labute approximate surface area is 687 Å². The third-order valence-corrected chi connectivity index (χ3v) is 22.0. The van der Waals surface area contributed by atoms with E-state index in [-0.39, 0.29) is 64.8 Å². The van der Waals surface area contributed by atoms with Crippen molar-refractivity contribution in [2.24, 2.45) is 11.8 Å². The summed E-state index contributed by atoms with van der Waals surface area (Å²) in [4.78, 5) is 31.5. The van der Waals surface area contributed by atoms with Gasteiger partial charge < -0.3 is 61.6 Å². The molecule has 0 radical (unpaired) electrons. The number of benzene rings is 8. The van der Waals surface area contributed by atoms with E-state index in [1.54, 1.807) is 0 Å². The molecular weight excluding hydrogens is 1440 g/mol. The molecule has 2 aliphatic heterocycles. The highest BCUT2D eigenvalue weighted by Gasteiger charge is 2.55. The monoisotopic (exact) mass is 1570 g/mol. The number of carbonyl (C=O) groups is 2. The van der Waals surface area contributed by atoms with Crippen LogP contribution in [0.3, 0.4) is 0 Å². The molecule has 10 rings (SSSR count). The SMILES string of the molecule is CCCCCCC[C@H](OCc1ccccc1)[C@H](CCCCCC)C(=O)OC[C@H]1O[C@H](O[C@H]2O[C@H](COC(=O)[C@H](CCCCCC)[C@@H](CCCCCCC)OCc3ccccc3)[C@@H](OCc3ccccc3)[C@H](OCc3ccccc3)[C@H]2OCc2ccccc2)[C@H](OCc2ccccc2)[C@@H](OCc2ccccc2)[C@@H]1OCc1ccccc1. The molecular formula is C100H130O15. The normalized spacial score (nSPS) is 20.6. The molecule has 15 nitrogen and oxygen atoms in total. The van der Waals surface area contributed by atoms with Crippen molar-refractivity contribution in [3.8, 4) is 0 Å². The minimum atomic E-state index is -1.38. The molecule has 0 bridgehead atoms. The van der Waals surface area contributed by atoms with Gasteiger partial charge in [-0.2, -0.15) is 0 Å². The number of hydrogen-bond donors (Lipinski definition) is 0. The predicted octanol–water partition coefficient (Wildman–Crippen LogP) is 22.1. The maximum Gasteiger partial charge on any atom is 0.311 e. The second-order valence-electron chi connectivity index (χ2n) is 31.0. The fourth-order valence-electron chi connectivity index (χ4n) is 15.4. The first-order valence-corrected chi connectivity index (χ1v) is 43.3. The van der Waals surface area contributed by atoms with Gasteiger partial charge in [0, 0.05) is 0 Å². The minimum Gasteiger partial charge on any atom is -0.463 e. The molecule has 0 aliphatic carbocycles. The third kappa shape index (κ3) is 31.2. The van der Waals surface area contributed by atoms with Crippen LogP contribution in [0, 0.1) is 11.8 Å². The minimum absolute atomic E-state index is 0.109. The summed E-state index contributed by atoms with van der Waals surface area (Å²) in [6.45, 7) is 9.85. The Hall–Kier alpha value is -7.74. The van der Waals surface area contributed by atoms with Crippen LogP contribution in [0.5, 0.6) is 0 Å². The standard InChI is InChI=1S/C100H130O15/c1-5-9-13-17-45-65-87(103-67-77-47-27-19-28-48-77)85(63-43-15-11-7-3)97(101)111-75-89-91(105-69-79-51-31-21-32-52-79)93(107-71-81-55-35-23-36-56-81)95(109-73-83-59-39-25-40-60-83)99(113-89)115-100-96(110-74-84-61-41-26-42-62-84)94(108-72-82-57-37-24-38-58-82)92(106-70-80-53-33-22-34-54-80)90(114-100)76-112-98(102)86(64-44-16-12-8-4)88(66-46-18-14-10-6-2)104-68-78-49-29-20-30-50-78/h19-42,47-62,85-96,99-100H,5-18,43-46,63-76H2,1-4H3/t85-,86+,87-,88+,89-,90-,91-,92-,93+,94+,95-,96-,99-,100-/m1/s1. The van der Waals surface area contributed by atoms with E-state index in [4.69, 9.17) is 61.6 Å². The predicted molar refractivity (Wildman–Crippen MR) is 452 cm³/mol.